The number of aromatic nitrogens is 2. The molecular formula is C19H24N4O2. The maximum Gasteiger partial charge on any atom is 0.275 e. The molecule has 0 aliphatic carbocycles. The van der Waals surface area contributed by atoms with Gasteiger partial charge in [0.2, 0.25) is 0 Å². The quantitative estimate of drug-likeness (QED) is 0.923. The van der Waals surface area contributed by atoms with Gasteiger partial charge in [-0.15, -0.1) is 0 Å². The van der Waals surface area contributed by atoms with Crippen LogP contribution in [0.5, 0.6) is 5.75 Å². The Labute approximate surface area is 148 Å². The van der Waals surface area contributed by atoms with E-state index in [4.69, 9.17) is 4.74 Å². The summed E-state index contributed by atoms with van der Waals surface area (Å²) >= 11 is 0. The maximum absolute atomic E-state index is 12.5. The molecule has 3 rings (SSSR count). The van der Waals surface area contributed by atoms with Gasteiger partial charge in [-0.3, -0.25) is 4.79 Å². The number of aryl methyl sites for hydroxylation is 1. The molecule has 1 aromatic carbocycles. The van der Waals surface area contributed by atoms with Crippen LogP contribution >= 0.6 is 0 Å². The van der Waals surface area contributed by atoms with Crippen molar-refractivity contribution in [2.24, 2.45) is 0 Å². The zero-order valence-corrected chi connectivity index (χ0v) is 14.8. The van der Waals surface area contributed by atoms with Gasteiger partial charge in [-0.1, -0.05) is 18.9 Å². The minimum absolute atomic E-state index is 0.293. The molecule has 0 bridgehead atoms. The summed E-state index contributed by atoms with van der Waals surface area (Å²) in [5, 5.41) is 2.85. The fourth-order valence-electron chi connectivity index (χ4n) is 3.01. The number of amides is 1. The van der Waals surface area contributed by atoms with E-state index in [1.165, 1.54) is 31.9 Å². The third-order valence-corrected chi connectivity index (χ3v) is 4.40. The summed E-state index contributed by atoms with van der Waals surface area (Å²) in [7, 11) is 1.58. The van der Waals surface area contributed by atoms with Crippen LogP contribution in [0, 0.1) is 6.92 Å². The molecule has 0 spiro atoms. The monoisotopic (exact) mass is 340 g/mol. The zero-order chi connectivity index (χ0) is 17.6. The molecule has 1 aliphatic heterocycles. The molecule has 132 valence electrons. The molecule has 2 aromatic rings. The number of rotatable bonds is 4. The van der Waals surface area contributed by atoms with Crippen molar-refractivity contribution < 1.29 is 9.53 Å². The molecule has 0 atom stereocenters. The van der Waals surface area contributed by atoms with Crippen LogP contribution < -0.4 is 15.0 Å². The number of benzene rings is 1. The molecule has 0 radical (unpaired) electrons. The van der Waals surface area contributed by atoms with Gasteiger partial charge in [-0.25, -0.2) is 9.97 Å². The molecule has 6 nitrogen and oxygen atoms in total. The minimum Gasteiger partial charge on any atom is -0.495 e. The number of nitrogens with one attached hydrogen (secondary N) is 1. The molecule has 25 heavy (non-hydrogen) atoms. The fraction of sp³-hybridized carbons (Fsp3) is 0.421. The lowest BCUT2D eigenvalue weighted by Crippen LogP contribution is -2.25. The summed E-state index contributed by atoms with van der Waals surface area (Å²) in [4.78, 5) is 23.4. The van der Waals surface area contributed by atoms with Gasteiger partial charge in [-0.05, 0) is 37.5 Å². The first-order valence-corrected chi connectivity index (χ1v) is 8.70. The van der Waals surface area contributed by atoms with Crippen LogP contribution in [0.2, 0.25) is 0 Å². The Kier molecular flexibility index (Phi) is 5.48. The fourth-order valence-corrected chi connectivity index (χ4v) is 3.01. The largest absolute Gasteiger partial charge is 0.495 e. The van der Waals surface area contributed by atoms with Gasteiger partial charge in [0.1, 0.15) is 17.3 Å². The van der Waals surface area contributed by atoms with Gasteiger partial charge in [0.25, 0.3) is 5.91 Å². The average molecular weight is 340 g/mol. The molecule has 1 fully saturated rings. The molecule has 1 saturated heterocycles. The van der Waals surface area contributed by atoms with Crippen molar-refractivity contribution in [3.8, 4) is 5.75 Å². The van der Waals surface area contributed by atoms with Crippen molar-refractivity contribution in [2.75, 3.05) is 30.4 Å². The molecular weight excluding hydrogens is 316 g/mol. The molecule has 2 heterocycles. The first-order chi connectivity index (χ1) is 12.2. The Hall–Kier alpha value is -2.63. The third kappa shape index (κ3) is 4.26. The Balaban J connectivity index is 1.71. The standard InChI is InChI=1S/C19H24N4O2/c1-14-7-8-17(25-2)15(11-14)22-19(24)16-12-21-18(13-20-16)23-9-5-3-4-6-10-23/h7-8,11-13H,3-6,9-10H2,1-2H3,(H,22,24). The highest BCUT2D eigenvalue weighted by atomic mass is 16.5. The Morgan fingerprint density at radius 2 is 1.88 bits per heavy atom. The van der Waals surface area contributed by atoms with Crippen LogP contribution in [0.25, 0.3) is 0 Å². The van der Waals surface area contributed by atoms with Crippen molar-refractivity contribution in [2.45, 2.75) is 32.6 Å². The smallest absolute Gasteiger partial charge is 0.275 e. The number of ether oxygens (including phenoxy) is 1. The van der Waals surface area contributed by atoms with Crippen molar-refractivity contribution in [1.82, 2.24) is 9.97 Å². The molecule has 1 aliphatic rings. The number of methoxy groups -OCH3 is 1. The van der Waals surface area contributed by atoms with E-state index >= 15 is 0 Å². The van der Waals surface area contributed by atoms with E-state index in [0.717, 1.165) is 24.5 Å². The zero-order valence-electron chi connectivity index (χ0n) is 14.8. The molecule has 6 heteroatoms. The Morgan fingerprint density at radius 3 is 2.52 bits per heavy atom. The van der Waals surface area contributed by atoms with E-state index < -0.39 is 0 Å². The normalized spacial score (nSPS) is 14.7. The second-order valence-corrected chi connectivity index (χ2v) is 6.32. The summed E-state index contributed by atoms with van der Waals surface area (Å²) in [6.45, 7) is 3.96. The summed E-state index contributed by atoms with van der Waals surface area (Å²) in [6.07, 6.45) is 8.12. The number of nitrogens with zero attached hydrogens (tertiary/aromatic N) is 3. The highest BCUT2D eigenvalue weighted by Gasteiger charge is 2.15. The molecule has 1 amide bonds. The van der Waals surface area contributed by atoms with Crippen LogP contribution in [0.15, 0.2) is 30.6 Å². The van der Waals surface area contributed by atoms with E-state index in [9.17, 15) is 4.79 Å². The van der Waals surface area contributed by atoms with Gasteiger partial charge in [-0.2, -0.15) is 0 Å². The predicted molar refractivity (Wildman–Crippen MR) is 98.4 cm³/mol. The van der Waals surface area contributed by atoms with Crippen molar-refractivity contribution in [3.63, 3.8) is 0 Å². The molecule has 0 unspecified atom stereocenters. The van der Waals surface area contributed by atoms with E-state index in [-0.39, 0.29) is 5.91 Å². The van der Waals surface area contributed by atoms with Crippen LogP contribution in [0.1, 0.15) is 41.7 Å². The summed E-state index contributed by atoms with van der Waals surface area (Å²) in [6, 6.07) is 5.64. The van der Waals surface area contributed by atoms with Crippen LogP contribution in [-0.2, 0) is 0 Å². The first kappa shape index (κ1) is 17.2. The average Bonchev–Trinajstić information content (AvgIpc) is 2.91. The Morgan fingerprint density at radius 1 is 1.12 bits per heavy atom. The van der Waals surface area contributed by atoms with Crippen LogP contribution in [0.3, 0.4) is 0 Å². The number of carbonyl (C=O) groups is 1. The number of hydrogen-bond donors (Lipinski definition) is 1. The molecule has 1 aromatic heterocycles. The number of carbonyl (C=O) groups excluding carboxylic acids is 1. The first-order valence-electron chi connectivity index (χ1n) is 8.70. The predicted octanol–water partition coefficient (Wildman–Crippen LogP) is 3.43. The van der Waals surface area contributed by atoms with Gasteiger partial charge < -0.3 is 15.0 Å². The van der Waals surface area contributed by atoms with Crippen molar-refractivity contribution in [1.29, 1.82) is 0 Å². The molecule has 1 N–H and O–H groups in total. The van der Waals surface area contributed by atoms with E-state index in [1.54, 1.807) is 13.3 Å². The topological polar surface area (TPSA) is 67.3 Å². The third-order valence-electron chi connectivity index (χ3n) is 4.40. The SMILES string of the molecule is COc1ccc(C)cc1NC(=O)c1cnc(N2CCCCCC2)cn1. The van der Waals surface area contributed by atoms with Gasteiger partial charge in [0.05, 0.1) is 25.2 Å². The van der Waals surface area contributed by atoms with Crippen LogP contribution in [-0.4, -0.2) is 36.1 Å². The van der Waals surface area contributed by atoms with E-state index in [0.29, 0.717) is 17.1 Å². The van der Waals surface area contributed by atoms with Gasteiger partial charge in [0.15, 0.2) is 0 Å². The number of hydrogen-bond acceptors (Lipinski definition) is 5. The highest BCUT2D eigenvalue weighted by molar-refractivity contribution is 6.03. The van der Waals surface area contributed by atoms with Crippen molar-refractivity contribution in [3.05, 3.63) is 41.9 Å². The van der Waals surface area contributed by atoms with E-state index in [1.807, 2.05) is 25.1 Å². The van der Waals surface area contributed by atoms with Gasteiger partial charge in [0, 0.05) is 13.1 Å². The second-order valence-electron chi connectivity index (χ2n) is 6.32. The van der Waals surface area contributed by atoms with Crippen molar-refractivity contribution >= 4 is 17.4 Å². The Bertz CT molecular complexity index is 723. The lowest BCUT2D eigenvalue weighted by atomic mass is 10.2. The van der Waals surface area contributed by atoms with Gasteiger partial charge >= 0.3 is 0 Å². The number of anilines is 2. The summed E-state index contributed by atoms with van der Waals surface area (Å²) in [5.41, 5.74) is 1.96. The highest BCUT2D eigenvalue weighted by Crippen LogP contribution is 2.25. The lowest BCUT2D eigenvalue weighted by Gasteiger charge is -2.20. The molecule has 0 saturated carbocycles. The maximum atomic E-state index is 12.5. The summed E-state index contributed by atoms with van der Waals surface area (Å²) in [5.74, 6) is 1.17. The minimum atomic E-state index is -0.293. The lowest BCUT2D eigenvalue weighted by molar-refractivity contribution is 0.102. The van der Waals surface area contributed by atoms with E-state index in [2.05, 4.69) is 20.2 Å². The van der Waals surface area contributed by atoms with Crippen LogP contribution in [0.4, 0.5) is 11.5 Å². The summed E-state index contributed by atoms with van der Waals surface area (Å²) < 4.78 is 5.29. The second kappa shape index (κ2) is 7.96.